The number of aromatic nitrogens is 1. The van der Waals surface area contributed by atoms with Crippen molar-refractivity contribution < 1.29 is 27.8 Å². The molecule has 4 nitrogen and oxygen atoms in total. The van der Waals surface area contributed by atoms with Gasteiger partial charge in [-0.1, -0.05) is 6.07 Å². The molecule has 0 saturated carbocycles. The fourth-order valence-electron chi connectivity index (χ4n) is 2.07. The van der Waals surface area contributed by atoms with E-state index in [1.54, 1.807) is 12.1 Å². The molecular formula is C14H14F3NO3. The highest BCUT2D eigenvalue weighted by Crippen LogP contribution is 2.32. The summed E-state index contributed by atoms with van der Waals surface area (Å²) in [5.74, 6) is -0.569. The van der Waals surface area contributed by atoms with Gasteiger partial charge < -0.3 is 14.4 Å². The molecule has 2 aromatic rings. The minimum absolute atomic E-state index is 0.264. The Morgan fingerprint density at radius 2 is 2.00 bits per heavy atom. The number of fused-ring (bicyclic) bond motifs is 1. The quantitative estimate of drug-likeness (QED) is 0.887. The van der Waals surface area contributed by atoms with Crippen molar-refractivity contribution in [2.45, 2.75) is 25.2 Å². The first-order valence-corrected chi connectivity index (χ1v) is 6.12. The van der Waals surface area contributed by atoms with Crippen molar-refractivity contribution in [3.05, 3.63) is 36.0 Å². The maximum absolute atomic E-state index is 12.8. The summed E-state index contributed by atoms with van der Waals surface area (Å²) in [7, 11) is 1.23. The lowest BCUT2D eigenvalue weighted by molar-refractivity contribution is -0.257. The molecule has 0 aliphatic rings. The van der Waals surface area contributed by atoms with Crippen molar-refractivity contribution in [2.75, 3.05) is 7.11 Å². The summed E-state index contributed by atoms with van der Waals surface area (Å²) in [5.41, 5.74) is -2.18. The molecule has 0 radical (unpaired) electrons. The van der Waals surface area contributed by atoms with Gasteiger partial charge in [0.05, 0.1) is 19.2 Å². The molecule has 0 aliphatic carbocycles. The van der Waals surface area contributed by atoms with Gasteiger partial charge >= 0.3 is 12.1 Å². The van der Waals surface area contributed by atoms with Crippen LogP contribution in [0.2, 0.25) is 0 Å². The lowest BCUT2D eigenvalue weighted by Gasteiger charge is -2.27. The maximum Gasteiger partial charge on any atom is 0.418 e. The van der Waals surface area contributed by atoms with Crippen LogP contribution in [0.3, 0.4) is 0 Å². The third-order valence-electron chi connectivity index (χ3n) is 3.31. The van der Waals surface area contributed by atoms with Gasteiger partial charge in [-0.25, -0.2) is 4.79 Å². The standard InChI is InChI=1S/C14H14F3NO3/c1-13(20,14(15,16)17)8-18-7-6-9-10(12(19)21-2)4-3-5-11(9)18/h3-7,20H,8H2,1-2H3. The molecule has 0 amide bonds. The Balaban J connectivity index is 2.47. The highest BCUT2D eigenvalue weighted by atomic mass is 19.4. The largest absolute Gasteiger partial charge is 0.465 e. The molecule has 1 aromatic carbocycles. The average molecular weight is 301 g/mol. The highest BCUT2D eigenvalue weighted by molar-refractivity contribution is 6.03. The molecule has 0 spiro atoms. The fourth-order valence-corrected chi connectivity index (χ4v) is 2.07. The summed E-state index contributed by atoms with van der Waals surface area (Å²) in [6, 6.07) is 6.18. The van der Waals surface area contributed by atoms with Gasteiger partial charge in [0.15, 0.2) is 5.60 Å². The molecule has 1 N–H and O–H groups in total. The minimum atomic E-state index is -4.75. The molecule has 0 aliphatic heterocycles. The number of rotatable bonds is 3. The third-order valence-corrected chi connectivity index (χ3v) is 3.31. The number of hydrogen-bond donors (Lipinski definition) is 1. The van der Waals surface area contributed by atoms with E-state index in [1.807, 2.05) is 0 Å². The number of methoxy groups -OCH3 is 1. The molecule has 0 saturated heterocycles. The normalized spacial score (nSPS) is 15.0. The number of esters is 1. The van der Waals surface area contributed by atoms with E-state index in [4.69, 9.17) is 0 Å². The van der Waals surface area contributed by atoms with Gasteiger partial charge in [0.1, 0.15) is 0 Å². The predicted molar refractivity (Wildman–Crippen MR) is 70.0 cm³/mol. The van der Waals surface area contributed by atoms with Crippen molar-refractivity contribution in [1.82, 2.24) is 4.57 Å². The Morgan fingerprint density at radius 1 is 1.33 bits per heavy atom. The van der Waals surface area contributed by atoms with Crippen molar-refractivity contribution in [1.29, 1.82) is 0 Å². The average Bonchev–Trinajstić information content (AvgIpc) is 2.79. The molecule has 7 heteroatoms. The van der Waals surface area contributed by atoms with E-state index in [1.165, 1.54) is 30.0 Å². The molecule has 1 aromatic heterocycles. The number of carbonyl (C=O) groups is 1. The maximum atomic E-state index is 12.8. The van der Waals surface area contributed by atoms with Crippen LogP contribution >= 0.6 is 0 Å². The molecule has 21 heavy (non-hydrogen) atoms. The molecule has 1 atom stereocenters. The predicted octanol–water partition coefficient (Wildman–Crippen LogP) is 2.74. The lowest BCUT2D eigenvalue weighted by Crippen LogP contribution is -2.45. The highest BCUT2D eigenvalue weighted by Gasteiger charge is 2.50. The number of hydrogen-bond acceptors (Lipinski definition) is 3. The second kappa shape index (κ2) is 5.07. The second-order valence-electron chi connectivity index (χ2n) is 4.95. The second-order valence-corrected chi connectivity index (χ2v) is 4.95. The van der Waals surface area contributed by atoms with Gasteiger partial charge in [0, 0.05) is 17.1 Å². The van der Waals surface area contributed by atoms with Crippen LogP contribution in [0.5, 0.6) is 0 Å². The number of aliphatic hydroxyl groups is 1. The first kappa shape index (κ1) is 15.4. The number of benzene rings is 1. The molecule has 1 heterocycles. The summed E-state index contributed by atoms with van der Waals surface area (Å²) < 4.78 is 44.1. The van der Waals surface area contributed by atoms with Gasteiger partial charge in [-0.05, 0) is 25.1 Å². The Hall–Kier alpha value is -2.02. The first-order valence-electron chi connectivity index (χ1n) is 6.12. The molecule has 114 valence electrons. The zero-order valence-electron chi connectivity index (χ0n) is 11.4. The smallest absolute Gasteiger partial charge is 0.418 e. The van der Waals surface area contributed by atoms with Crippen LogP contribution in [0.15, 0.2) is 30.5 Å². The number of ether oxygens (including phenoxy) is 1. The number of nitrogens with zero attached hydrogens (tertiary/aromatic N) is 1. The van der Waals surface area contributed by atoms with Crippen LogP contribution in [0.25, 0.3) is 10.9 Å². The summed E-state index contributed by atoms with van der Waals surface area (Å²) in [6.07, 6.45) is -3.35. The summed E-state index contributed by atoms with van der Waals surface area (Å²) in [5, 5.41) is 10.0. The van der Waals surface area contributed by atoms with Gasteiger partial charge in [0.25, 0.3) is 0 Å². The van der Waals surface area contributed by atoms with E-state index in [-0.39, 0.29) is 5.56 Å². The first-order chi connectivity index (χ1) is 9.67. The molecule has 0 bridgehead atoms. The Labute approximate surface area is 118 Å². The lowest BCUT2D eigenvalue weighted by atomic mass is 10.1. The monoisotopic (exact) mass is 301 g/mol. The SMILES string of the molecule is COC(=O)c1cccc2c1ccn2CC(C)(O)C(F)(F)F. The van der Waals surface area contributed by atoms with Crippen LogP contribution in [-0.4, -0.2) is 34.5 Å². The molecule has 1 unspecified atom stereocenters. The molecule has 0 fully saturated rings. The van der Waals surface area contributed by atoms with Gasteiger partial charge in [-0.3, -0.25) is 0 Å². The molecule has 2 rings (SSSR count). The van der Waals surface area contributed by atoms with Crippen molar-refractivity contribution in [3.8, 4) is 0 Å². The van der Waals surface area contributed by atoms with E-state index in [0.717, 1.165) is 0 Å². The van der Waals surface area contributed by atoms with E-state index >= 15 is 0 Å². The van der Waals surface area contributed by atoms with Crippen molar-refractivity contribution in [2.24, 2.45) is 0 Å². The van der Waals surface area contributed by atoms with Crippen LogP contribution in [0, 0.1) is 0 Å². The van der Waals surface area contributed by atoms with Crippen molar-refractivity contribution >= 4 is 16.9 Å². The zero-order valence-corrected chi connectivity index (χ0v) is 11.4. The van der Waals surface area contributed by atoms with Gasteiger partial charge in [-0.15, -0.1) is 0 Å². The summed E-state index contributed by atoms with van der Waals surface area (Å²) >= 11 is 0. The topological polar surface area (TPSA) is 51.5 Å². The number of halogens is 3. The van der Waals surface area contributed by atoms with Crippen LogP contribution in [0.4, 0.5) is 13.2 Å². The van der Waals surface area contributed by atoms with Gasteiger partial charge in [0.2, 0.25) is 0 Å². The Morgan fingerprint density at radius 3 is 2.57 bits per heavy atom. The van der Waals surface area contributed by atoms with Crippen LogP contribution in [-0.2, 0) is 11.3 Å². The van der Waals surface area contributed by atoms with Crippen molar-refractivity contribution in [3.63, 3.8) is 0 Å². The number of alkyl halides is 3. The van der Waals surface area contributed by atoms with Crippen LogP contribution < -0.4 is 0 Å². The summed E-state index contributed by atoms with van der Waals surface area (Å²) in [6.45, 7) is 0.0492. The van der Waals surface area contributed by atoms with Gasteiger partial charge in [-0.2, -0.15) is 13.2 Å². The third kappa shape index (κ3) is 2.73. The summed E-state index contributed by atoms with van der Waals surface area (Å²) in [4.78, 5) is 11.6. The van der Waals surface area contributed by atoms with E-state index < -0.39 is 24.3 Å². The van der Waals surface area contributed by atoms with E-state index in [0.29, 0.717) is 17.8 Å². The Bertz CT molecular complexity index is 674. The molecular weight excluding hydrogens is 287 g/mol. The van der Waals surface area contributed by atoms with Crippen LogP contribution in [0.1, 0.15) is 17.3 Å². The van der Waals surface area contributed by atoms with E-state index in [2.05, 4.69) is 4.74 Å². The zero-order chi connectivity index (χ0) is 15.8. The Kier molecular flexibility index (Phi) is 3.71. The fraction of sp³-hybridized carbons (Fsp3) is 0.357. The van der Waals surface area contributed by atoms with E-state index in [9.17, 15) is 23.1 Å². The number of carbonyl (C=O) groups excluding carboxylic acids is 1. The minimum Gasteiger partial charge on any atom is -0.465 e.